The number of fused-ring (bicyclic) bond motifs is 2. The van der Waals surface area contributed by atoms with Crippen LogP contribution >= 0.6 is 0 Å². The van der Waals surface area contributed by atoms with Gasteiger partial charge in [-0.3, -0.25) is 4.79 Å². The first-order valence-electron chi connectivity index (χ1n) is 7.50. The van der Waals surface area contributed by atoms with Crippen molar-refractivity contribution < 1.29 is 14.3 Å². The molecule has 0 saturated heterocycles. The van der Waals surface area contributed by atoms with Crippen molar-refractivity contribution >= 4 is 21.7 Å². The molecule has 0 aliphatic rings. The highest BCUT2D eigenvalue weighted by Gasteiger charge is 2.15. The predicted molar refractivity (Wildman–Crippen MR) is 93.6 cm³/mol. The van der Waals surface area contributed by atoms with Gasteiger partial charge in [-0.2, -0.15) is 0 Å². The Morgan fingerprint density at radius 2 is 1.71 bits per heavy atom. The highest BCUT2D eigenvalue weighted by Crippen LogP contribution is 2.32. The fraction of sp³-hybridized carbons (Fsp3) is 0.0500. The Bertz CT molecular complexity index is 1130. The average Bonchev–Trinajstić information content (AvgIpc) is 2.64. The summed E-state index contributed by atoms with van der Waals surface area (Å²) in [6.45, 7) is 0. The summed E-state index contributed by atoms with van der Waals surface area (Å²) in [4.78, 5) is 12.3. The van der Waals surface area contributed by atoms with E-state index in [-0.39, 0.29) is 11.5 Å². The molecule has 0 aliphatic heterocycles. The van der Waals surface area contributed by atoms with E-state index in [1.54, 1.807) is 31.4 Å². The molecule has 4 nitrogen and oxygen atoms in total. The summed E-state index contributed by atoms with van der Waals surface area (Å²) in [6.07, 6.45) is 0. The minimum absolute atomic E-state index is 0.177. The minimum atomic E-state index is -0.429. The SMILES string of the molecule is COc1ccc2cc(-c3oc4ccccc4c(=O)c3O)ccc2c1. The second-order valence-electron chi connectivity index (χ2n) is 5.53. The molecule has 0 bridgehead atoms. The van der Waals surface area contributed by atoms with Crippen molar-refractivity contribution in [1.29, 1.82) is 0 Å². The van der Waals surface area contributed by atoms with Crippen molar-refractivity contribution in [2.45, 2.75) is 0 Å². The van der Waals surface area contributed by atoms with Crippen LogP contribution in [-0.4, -0.2) is 12.2 Å². The average molecular weight is 318 g/mol. The maximum absolute atomic E-state index is 12.3. The van der Waals surface area contributed by atoms with Gasteiger partial charge in [0.25, 0.3) is 0 Å². The largest absolute Gasteiger partial charge is 0.502 e. The van der Waals surface area contributed by atoms with Crippen molar-refractivity contribution in [3.05, 3.63) is 70.9 Å². The first-order chi connectivity index (χ1) is 11.7. The van der Waals surface area contributed by atoms with Crippen molar-refractivity contribution in [2.75, 3.05) is 7.11 Å². The van der Waals surface area contributed by atoms with Crippen molar-refractivity contribution in [1.82, 2.24) is 0 Å². The minimum Gasteiger partial charge on any atom is -0.502 e. The van der Waals surface area contributed by atoms with Crippen LogP contribution in [0.25, 0.3) is 33.1 Å². The van der Waals surface area contributed by atoms with Crippen LogP contribution < -0.4 is 10.2 Å². The lowest BCUT2D eigenvalue weighted by molar-refractivity contribution is 0.415. The van der Waals surface area contributed by atoms with Crippen LogP contribution in [0.5, 0.6) is 11.5 Å². The molecule has 3 aromatic carbocycles. The standard InChI is InChI=1S/C20H14O4/c1-23-15-9-8-12-10-14(7-6-13(12)11-15)20-19(22)18(21)16-4-2-3-5-17(16)24-20/h2-11,22H,1H3. The molecule has 0 saturated carbocycles. The summed E-state index contributed by atoms with van der Waals surface area (Å²) in [5, 5.41) is 12.6. The normalized spacial score (nSPS) is 11.0. The van der Waals surface area contributed by atoms with Gasteiger partial charge in [0, 0.05) is 5.56 Å². The molecule has 24 heavy (non-hydrogen) atoms. The Hall–Kier alpha value is -3.27. The first-order valence-corrected chi connectivity index (χ1v) is 7.50. The molecule has 0 unspecified atom stereocenters. The zero-order valence-corrected chi connectivity index (χ0v) is 12.9. The summed E-state index contributed by atoms with van der Waals surface area (Å²) in [5.74, 6) is 0.577. The number of rotatable bonds is 2. The number of aromatic hydroxyl groups is 1. The molecule has 4 aromatic rings. The lowest BCUT2D eigenvalue weighted by Gasteiger charge is -2.08. The van der Waals surface area contributed by atoms with Crippen molar-refractivity contribution in [3.63, 3.8) is 0 Å². The van der Waals surface area contributed by atoms with Gasteiger partial charge < -0.3 is 14.3 Å². The van der Waals surface area contributed by atoms with Gasteiger partial charge in [0.15, 0.2) is 5.76 Å². The summed E-state index contributed by atoms with van der Waals surface area (Å²) in [5.41, 5.74) is 0.667. The quantitative estimate of drug-likeness (QED) is 0.598. The third-order valence-electron chi connectivity index (χ3n) is 4.08. The highest BCUT2D eigenvalue weighted by molar-refractivity contribution is 5.89. The van der Waals surface area contributed by atoms with Crippen LogP contribution in [0.3, 0.4) is 0 Å². The number of hydrogen-bond donors (Lipinski definition) is 1. The predicted octanol–water partition coefficient (Wildman–Crippen LogP) is 4.33. The van der Waals surface area contributed by atoms with Crippen LogP contribution in [0.1, 0.15) is 0 Å². The van der Waals surface area contributed by atoms with Crippen LogP contribution in [-0.2, 0) is 0 Å². The third kappa shape index (κ3) is 2.20. The molecule has 118 valence electrons. The Morgan fingerprint density at radius 3 is 2.54 bits per heavy atom. The maximum Gasteiger partial charge on any atom is 0.235 e. The van der Waals surface area contributed by atoms with Gasteiger partial charge in [-0.25, -0.2) is 0 Å². The van der Waals surface area contributed by atoms with Crippen LogP contribution in [0, 0.1) is 0 Å². The van der Waals surface area contributed by atoms with Crippen LogP contribution in [0.2, 0.25) is 0 Å². The van der Waals surface area contributed by atoms with Gasteiger partial charge in [0.05, 0.1) is 12.5 Å². The molecule has 4 heteroatoms. The molecular formula is C20H14O4. The molecule has 0 radical (unpaired) electrons. The number of benzene rings is 3. The molecule has 1 aromatic heterocycles. The molecule has 0 fully saturated rings. The smallest absolute Gasteiger partial charge is 0.235 e. The topological polar surface area (TPSA) is 59.7 Å². The van der Waals surface area contributed by atoms with E-state index in [1.165, 1.54) is 0 Å². The van der Waals surface area contributed by atoms with E-state index in [2.05, 4.69) is 0 Å². The van der Waals surface area contributed by atoms with Crippen LogP contribution in [0.4, 0.5) is 0 Å². The number of hydrogen-bond acceptors (Lipinski definition) is 4. The maximum atomic E-state index is 12.3. The van der Waals surface area contributed by atoms with Crippen LogP contribution in [0.15, 0.2) is 69.9 Å². The summed E-state index contributed by atoms with van der Waals surface area (Å²) >= 11 is 0. The lowest BCUT2D eigenvalue weighted by Crippen LogP contribution is -2.02. The van der Waals surface area contributed by atoms with E-state index < -0.39 is 5.43 Å². The molecule has 0 aliphatic carbocycles. The second kappa shape index (κ2) is 5.42. The van der Waals surface area contributed by atoms with Gasteiger partial charge in [-0.15, -0.1) is 0 Å². The van der Waals surface area contributed by atoms with Gasteiger partial charge in [0.1, 0.15) is 11.3 Å². The summed E-state index contributed by atoms with van der Waals surface area (Å²) < 4.78 is 11.0. The van der Waals surface area contributed by atoms with Crippen molar-refractivity contribution in [3.8, 4) is 22.8 Å². The molecule has 1 N–H and O–H groups in total. The Kier molecular flexibility index (Phi) is 3.24. The molecule has 0 amide bonds. The molecular weight excluding hydrogens is 304 g/mol. The fourth-order valence-electron chi connectivity index (χ4n) is 2.82. The summed E-state index contributed by atoms with van der Waals surface area (Å²) in [7, 11) is 1.62. The number of para-hydroxylation sites is 1. The lowest BCUT2D eigenvalue weighted by atomic mass is 10.0. The first kappa shape index (κ1) is 14.3. The van der Waals surface area contributed by atoms with E-state index >= 15 is 0 Å². The van der Waals surface area contributed by atoms with Gasteiger partial charge >= 0.3 is 0 Å². The molecule has 4 rings (SSSR count). The van der Waals surface area contributed by atoms with E-state index in [4.69, 9.17) is 9.15 Å². The monoisotopic (exact) mass is 318 g/mol. The van der Waals surface area contributed by atoms with E-state index in [9.17, 15) is 9.90 Å². The highest BCUT2D eigenvalue weighted by atomic mass is 16.5. The zero-order chi connectivity index (χ0) is 16.7. The van der Waals surface area contributed by atoms with E-state index in [0.29, 0.717) is 16.5 Å². The third-order valence-corrected chi connectivity index (χ3v) is 4.08. The Morgan fingerprint density at radius 1 is 0.958 bits per heavy atom. The Balaban J connectivity index is 1.95. The molecule has 0 atom stereocenters. The second-order valence-corrected chi connectivity index (χ2v) is 5.53. The van der Waals surface area contributed by atoms with Gasteiger partial charge in [-0.1, -0.05) is 30.3 Å². The van der Waals surface area contributed by atoms with E-state index in [1.807, 2.05) is 36.4 Å². The molecule has 0 spiro atoms. The van der Waals surface area contributed by atoms with Gasteiger partial charge in [-0.05, 0) is 41.1 Å². The van der Waals surface area contributed by atoms with E-state index in [0.717, 1.165) is 16.5 Å². The van der Waals surface area contributed by atoms with Crippen molar-refractivity contribution in [2.24, 2.45) is 0 Å². The Labute approximate surface area is 137 Å². The van der Waals surface area contributed by atoms with Gasteiger partial charge in [0.2, 0.25) is 11.2 Å². The number of methoxy groups -OCH3 is 1. The fourth-order valence-corrected chi connectivity index (χ4v) is 2.82. The zero-order valence-electron chi connectivity index (χ0n) is 12.9. The molecule has 1 heterocycles. The number of ether oxygens (including phenoxy) is 1. The summed E-state index contributed by atoms with van der Waals surface area (Å²) in [6, 6.07) is 18.2.